The van der Waals surface area contributed by atoms with Gasteiger partial charge in [-0.3, -0.25) is 14.5 Å². The van der Waals surface area contributed by atoms with E-state index in [1.807, 2.05) is 0 Å². The molecule has 1 aliphatic carbocycles. The van der Waals surface area contributed by atoms with Gasteiger partial charge in [0.25, 0.3) is 11.8 Å². The zero-order valence-electron chi connectivity index (χ0n) is 19.1. The lowest BCUT2D eigenvalue weighted by molar-refractivity contribution is -0.150. The molecule has 6 N–H and O–H groups in total. The highest BCUT2D eigenvalue weighted by Gasteiger charge is 2.54. The van der Waals surface area contributed by atoms with Crippen molar-refractivity contribution in [3.8, 4) is 0 Å². The number of β-lactam (4-membered cyclic amide) rings is 1. The van der Waals surface area contributed by atoms with E-state index >= 15 is 0 Å². The molecular formula is C19H22N10O5S3. The maximum absolute atomic E-state index is 13.2. The number of tetrazole rings is 1. The predicted octanol–water partition coefficient (Wildman–Crippen LogP) is -0.380. The third-order valence-electron chi connectivity index (χ3n) is 5.95. The van der Waals surface area contributed by atoms with Gasteiger partial charge in [-0.1, -0.05) is 22.0 Å². The average molecular weight is 567 g/mol. The van der Waals surface area contributed by atoms with Crippen molar-refractivity contribution in [3.63, 3.8) is 0 Å². The number of carboxylic acids is 1. The molecule has 2 aromatic heterocycles. The number of hydrogen-bond donors (Lipinski definition) is 4. The van der Waals surface area contributed by atoms with E-state index in [-0.39, 0.29) is 34.1 Å². The number of nitrogens with zero attached hydrogens (tertiary/aromatic N) is 7. The van der Waals surface area contributed by atoms with Crippen molar-refractivity contribution in [3.05, 3.63) is 22.3 Å². The van der Waals surface area contributed by atoms with Gasteiger partial charge < -0.3 is 26.8 Å². The SMILES string of the molecule is Nc1nc(/C(=N/OC2CCCC2)C(=O)N[C@@H]2C(=O)N3C(C(=O)O)=C(CSc4nnnn4N)CS[C@@H]23)cs1. The maximum atomic E-state index is 13.2. The van der Waals surface area contributed by atoms with E-state index in [1.165, 1.54) is 16.7 Å². The van der Waals surface area contributed by atoms with Crippen LogP contribution in [0, 0.1) is 0 Å². The number of nitrogen functional groups attached to an aromatic ring is 2. The summed E-state index contributed by atoms with van der Waals surface area (Å²) in [6.45, 7) is 0. The molecule has 5 rings (SSSR count). The summed E-state index contributed by atoms with van der Waals surface area (Å²) < 4.78 is 0. The molecule has 18 heteroatoms. The maximum Gasteiger partial charge on any atom is 0.352 e. The van der Waals surface area contributed by atoms with Gasteiger partial charge in [0, 0.05) is 16.9 Å². The van der Waals surface area contributed by atoms with Crippen molar-refractivity contribution in [1.29, 1.82) is 0 Å². The normalized spacial score (nSPS) is 22.1. The molecular weight excluding hydrogens is 544 g/mol. The topological polar surface area (TPSA) is 217 Å². The first-order valence-corrected chi connectivity index (χ1v) is 14.1. The van der Waals surface area contributed by atoms with E-state index in [9.17, 15) is 19.5 Å². The third kappa shape index (κ3) is 5.08. The first-order chi connectivity index (χ1) is 17.8. The predicted molar refractivity (Wildman–Crippen MR) is 135 cm³/mol. The monoisotopic (exact) mass is 566 g/mol. The number of carbonyl (C=O) groups is 3. The Labute approximate surface area is 222 Å². The molecule has 196 valence electrons. The molecule has 37 heavy (non-hydrogen) atoms. The van der Waals surface area contributed by atoms with Gasteiger partial charge in [0.15, 0.2) is 10.8 Å². The van der Waals surface area contributed by atoms with Gasteiger partial charge >= 0.3 is 5.97 Å². The summed E-state index contributed by atoms with van der Waals surface area (Å²) in [6, 6.07) is -0.940. The van der Waals surface area contributed by atoms with E-state index in [1.54, 1.807) is 5.38 Å². The summed E-state index contributed by atoms with van der Waals surface area (Å²) in [6.07, 6.45) is 3.66. The summed E-state index contributed by atoms with van der Waals surface area (Å²) in [4.78, 5) is 50.2. The minimum Gasteiger partial charge on any atom is -0.477 e. The molecule has 1 saturated heterocycles. The van der Waals surface area contributed by atoms with E-state index < -0.39 is 29.2 Å². The van der Waals surface area contributed by atoms with Gasteiger partial charge in [-0.05, 0) is 41.7 Å². The fourth-order valence-corrected chi connectivity index (χ4v) is 6.99. The van der Waals surface area contributed by atoms with Gasteiger partial charge in [-0.2, -0.15) is 0 Å². The summed E-state index contributed by atoms with van der Waals surface area (Å²) in [5.74, 6) is 3.73. The Bertz CT molecular complexity index is 1290. The first-order valence-electron chi connectivity index (χ1n) is 11.2. The lowest BCUT2D eigenvalue weighted by Gasteiger charge is -2.49. The van der Waals surface area contributed by atoms with Gasteiger partial charge in [0.2, 0.25) is 5.16 Å². The van der Waals surface area contributed by atoms with Gasteiger partial charge in [0.1, 0.15) is 28.9 Å². The molecule has 0 bridgehead atoms. The van der Waals surface area contributed by atoms with Crippen LogP contribution in [0.5, 0.6) is 0 Å². The number of nitrogens with two attached hydrogens (primary N) is 2. The molecule has 2 atom stereocenters. The van der Waals surface area contributed by atoms with Crippen LogP contribution in [0.25, 0.3) is 0 Å². The number of aromatic nitrogens is 5. The Morgan fingerprint density at radius 3 is 2.78 bits per heavy atom. The van der Waals surface area contributed by atoms with Crippen molar-refractivity contribution >= 4 is 63.5 Å². The van der Waals surface area contributed by atoms with Crippen LogP contribution >= 0.6 is 34.9 Å². The minimum atomic E-state index is -1.24. The number of amides is 2. The number of carbonyl (C=O) groups excluding carboxylic acids is 2. The first kappa shape index (κ1) is 25.3. The number of aliphatic carboxylic acids is 1. The number of carboxylic acid groups (broad SMARTS) is 1. The standard InChI is InChI=1S/C19H22N10O5S3/c20-18-22-10(7-36-18)11(25-34-9-3-1-2-4-9)14(30)23-12-15(31)28-13(17(32)33)8(5-35-16(12)28)6-37-19-24-26-27-29(19)21/h7,9,12,16H,1-6,21H2,(H2,20,22)(H,23,30)(H,32,33)/b25-11-/t12-,16+/m1/s1. The zero-order valence-corrected chi connectivity index (χ0v) is 21.6. The molecule has 0 spiro atoms. The summed E-state index contributed by atoms with van der Waals surface area (Å²) >= 11 is 3.65. The number of hydrogen-bond acceptors (Lipinski definition) is 14. The fourth-order valence-electron chi connectivity index (χ4n) is 4.16. The Kier molecular flexibility index (Phi) is 7.20. The van der Waals surface area contributed by atoms with E-state index in [2.05, 4.69) is 31.0 Å². The molecule has 0 radical (unpaired) electrons. The Balaban J connectivity index is 1.30. The Morgan fingerprint density at radius 2 is 2.14 bits per heavy atom. The van der Waals surface area contributed by atoms with Crippen LogP contribution in [0.3, 0.4) is 0 Å². The van der Waals surface area contributed by atoms with Crippen molar-refractivity contribution in [1.82, 2.24) is 35.5 Å². The number of anilines is 1. The quantitative estimate of drug-likeness (QED) is 0.100. The highest BCUT2D eigenvalue weighted by molar-refractivity contribution is 8.01. The average Bonchev–Trinajstić information content (AvgIpc) is 3.64. The Morgan fingerprint density at radius 1 is 1.35 bits per heavy atom. The van der Waals surface area contributed by atoms with Crippen molar-refractivity contribution < 1.29 is 24.3 Å². The van der Waals surface area contributed by atoms with Crippen molar-refractivity contribution in [2.45, 2.75) is 48.4 Å². The van der Waals surface area contributed by atoms with Gasteiger partial charge in [-0.25, -0.2) is 9.78 Å². The lowest BCUT2D eigenvalue weighted by Crippen LogP contribution is -2.71. The van der Waals surface area contributed by atoms with E-state index in [0.717, 1.165) is 53.6 Å². The van der Waals surface area contributed by atoms with Crippen LogP contribution in [0.4, 0.5) is 5.13 Å². The minimum absolute atomic E-state index is 0.0856. The largest absolute Gasteiger partial charge is 0.477 e. The molecule has 0 aromatic carbocycles. The summed E-state index contributed by atoms with van der Waals surface area (Å²) in [5.41, 5.74) is 6.29. The highest BCUT2D eigenvalue weighted by atomic mass is 32.2. The molecule has 2 fully saturated rings. The van der Waals surface area contributed by atoms with Crippen LogP contribution in [-0.4, -0.2) is 87.8 Å². The van der Waals surface area contributed by atoms with Crippen LogP contribution < -0.4 is 16.9 Å². The molecule has 15 nitrogen and oxygen atoms in total. The molecule has 1 saturated carbocycles. The van der Waals surface area contributed by atoms with E-state index in [0.29, 0.717) is 16.5 Å². The summed E-state index contributed by atoms with van der Waals surface area (Å²) in [7, 11) is 0. The Hall–Kier alpha value is -3.38. The van der Waals surface area contributed by atoms with E-state index in [4.69, 9.17) is 16.4 Å². The number of fused-ring (bicyclic) bond motifs is 1. The molecule has 4 heterocycles. The van der Waals surface area contributed by atoms with Crippen LogP contribution in [0.1, 0.15) is 31.4 Å². The third-order valence-corrected chi connectivity index (χ3v) is 8.98. The molecule has 0 unspecified atom stereocenters. The number of thiazole rings is 1. The summed E-state index contributed by atoms with van der Waals surface area (Å²) in [5, 5.41) is 28.9. The molecule has 3 aliphatic rings. The second-order valence-electron chi connectivity index (χ2n) is 8.34. The molecule has 2 amide bonds. The molecule has 2 aromatic rings. The number of rotatable bonds is 9. The van der Waals surface area contributed by atoms with Gasteiger partial charge in [-0.15, -0.1) is 27.9 Å². The number of oxime groups is 1. The zero-order chi connectivity index (χ0) is 26.1. The second kappa shape index (κ2) is 10.5. The van der Waals surface area contributed by atoms with Crippen LogP contribution in [0.15, 0.2) is 27.0 Å². The van der Waals surface area contributed by atoms with Gasteiger partial charge in [0.05, 0.1) is 0 Å². The lowest BCUT2D eigenvalue weighted by atomic mass is 10.0. The highest BCUT2D eigenvalue weighted by Crippen LogP contribution is 2.41. The fraction of sp³-hybridized carbons (Fsp3) is 0.474. The number of thioether (sulfide) groups is 2. The smallest absolute Gasteiger partial charge is 0.352 e. The number of nitrogens with one attached hydrogen (secondary N) is 1. The van der Waals surface area contributed by atoms with Crippen molar-refractivity contribution in [2.24, 2.45) is 5.16 Å². The second-order valence-corrected chi connectivity index (χ2v) is 11.3. The van der Waals surface area contributed by atoms with Crippen LogP contribution in [0.2, 0.25) is 0 Å². The molecule has 2 aliphatic heterocycles. The van der Waals surface area contributed by atoms with Crippen molar-refractivity contribution in [2.75, 3.05) is 23.1 Å². The van der Waals surface area contributed by atoms with Crippen LogP contribution in [-0.2, 0) is 19.2 Å².